The first-order chi connectivity index (χ1) is 16.5. The second-order valence-electron chi connectivity index (χ2n) is 9.29. The molecule has 0 spiro atoms. The van der Waals surface area contributed by atoms with E-state index in [0.717, 1.165) is 35.6 Å². The number of quaternary nitrogens is 1. The van der Waals surface area contributed by atoms with Crippen LogP contribution in [0.4, 0.5) is 13.2 Å². The topological polar surface area (TPSA) is 70.2 Å². The number of oxazole rings is 1. The van der Waals surface area contributed by atoms with Gasteiger partial charge in [0.15, 0.2) is 17.2 Å². The number of hydrogen-bond acceptors (Lipinski definition) is 5. The summed E-state index contributed by atoms with van der Waals surface area (Å²) in [7, 11) is 6.37. The first-order valence-corrected chi connectivity index (χ1v) is 11.0. The van der Waals surface area contributed by atoms with Gasteiger partial charge in [0, 0.05) is 12.0 Å². The van der Waals surface area contributed by atoms with Crippen LogP contribution >= 0.6 is 0 Å². The molecule has 0 aliphatic rings. The molecule has 0 saturated carbocycles. The monoisotopic (exact) mass is 487 g/mol. The SMILES string of the molecule is C[N+](C)(C)CCCOc1cnc(-c2cccc(Cn3c(=O)oc4ccc(C(F)(F)F)cc43)c2)nc1. The normalized spacial score (nSPS) is 12.3. The van der Waals surface area contributed by atoms with Crippen LogP contribution in [-0.2, 0) is 12.7 Å². The molecule has 2 heterocycles. The van der Waals surface area contributed by atoms with Crippen LogP contribution in [0.15, 0.2) is 64.1 Å². The molecule has 35 heavy (non-hydrogen) atoms. The van der Waals surface area contributed by atoms with E-state index in [-0.39, 0.29) is 17.6 Å². The molecule has 0 amide bonds. The Bertz CT molecular complexity index is 1370. The summed E-state index contributed by atoms with van der Waals surface area (Å²) in [6.07, 6.45) is -0.410. The molecular formula is C25H26F3N4O3+. The molecule has 2 aromatic carbocycles. The Hall–Kier alpha value is -3.66. The highest BCUT2D eigenvalue weighted by Crippen LogP contribution is 2.31. The lowest BCUT2D eigenvalue weighted by molar-refractivity contribution is -0.870. The molecular weight excluding hydrogens is 461 g/mol. The maximum Gasteiger partial charge on any atom is 0.420 e. The van der Waals surface area contributed by atoms with Gasteiger partial charge in [-0.1, -0.05) is 18.2 Å². The van der Waals surface area contributed by atoms with E-state index < -0.39 is 17.5 Å². The summed E-state index contributed by atoms with van der Waals surface area (Å²) in [5, 5.41) is 0. The van der Waals surface area contributed by atoms with Crippen LogP contribution in [0.3, 0.4) is 0 Å². The van der Waals surface area contributed by atoms with E-state index in [4.69, 9.17) is 9.15 Å². The van der Waals surface area contributed by atoms with Crippen LogP contribution in [0.1, 0.15) is 17.5 Å². The van der Waals surface area contributed by atoms with Gasteiger partial charge in [0.1, 0.15) is 0 Å². The average Bonchev–Trinajstić information content (AvgIpc) is 3.10. The summed E-state index contributed by atoms with van der Waals surface area (Å²) in [6, 6.07) is 10.1. The van der Waals surface area contributed by atoms with Crippen molar-refractivity contribution in [1.82, 2.24) is 14.5 Å². The molecule has 7 nitrogen and oxygen atoms in total. The largest absolute Gasteiger partial charge is 0.490 e. The molecule has 0 saturated heterocycles. The number of halogens is 3. The Morgan fingerprint density at radius 2 is 1.80 bits per heavy atom. The average molecular weight is 488 g/mol. The Kier molecular flexibility index (Phi) is 6.66. The van der Waals surface area contributed by atoms with Gasteiger partial charge < -0.3 is 13.6 Å². The van der Waals surface area contributed by atoms with Crippen molar-refractivity contribution >= 4 is 11.1 Å². The molecule has 0 fully saturated rings. The summed E-state index contributed by atoms with van der Waals surface area (Å²) in [4.78, 5) is 21.1. The minimum Gasteiger partial charge on any atom is -0.490 e. The van der Waals surface area contributed by atoms with Crippen molar-refractivity contribution in [2.24, 2.45) is 0 Å². The van der Waals surface area contributed by atoms with Gasteiger partial charge in [-0.05, 0) is 29.8 Å². The Labute approximate surface area is 200 Å². The highest BCUT2D eigenvalue weighted by Gasteiger charge is 2.31. The van der Waals surface area contributed by atoms with Gasteiger partial charge in [-0.2, -0.15) is 13.2 Å². The Morgan fingerprint density at radius 1 is 1.06 bits per heavy atom. The number of nitrogens with zero attached hydrogens (tertiary/aromatic N) is 4. The zero-order valence-electron chi connectivity index (χ0n) is 19.7. The van der Waals surface area contributed by atoms with E-state index >= 15 is 0 Å². The standard InChI is InChI=1S/C25H26F3N4O3/c1-32(2,3)10-5-11-34-20-14-29-23(30-15-20)18-7-4-6-17(12-18)16-31-21-13-19(25(26,27)28)8-9-22(21)35-24(31)33/h4,6-9,12-15H,5,10-11,16H2,1-3H3/q+1. The third kappa shape index (κ3) is 6.07. The van der Waals surface area contributed by atoms with Gasteiger partial charge in [0.05, 0.1) is 64.3 Å². The lowest BCUT2D eigenvalue weighted by Gasteiger charge is -2.23. The number of fused-ring (bicyclic) bond motifs is 1. The fourth-order valence-corrected chi connectivity index (χ4v) is 3.65. The fraction of sp³-hybridized carbons (Fsp3) is 0.320. The molecule has 0 bridgehead atoms. The highest BCUT2D eigenvalue weighted by molar-refractivity contribution is 5.74. The van der Waals surface area contributed by atoms with Crippen molar-refractivity contribution in [2.75, 3.05) is 34.3 Å². The quantitative estimate of drug-likeness (QED) is 0.269. The summed E-state index contributed by atoms with van der Waals surface area (Å²) < 4.78 is 52.3. The molecule has 0 aliphatic carbocycles. The number of benzene rings is 2. The molecule has 184 valence electrons. The summed E-state index contributed by atoms with van der Waals surface area (Å²) in [5.74, 6) is 0.310. The number of aromatic nitrogens is 3. The Balaban J connectivity index is 1.51. The van der Waals surface area contributed by atoms with Gasteiger partial charge in [-0.15, -0.1) is 0 Å². The summed E-state index contributed by atoms with van der Waals surface area (Å²) in [5.41, 5.74) is 0.726. The van der Waals surface area contributed by atoms with E-state index in [0.29, 0.717) is 29.3 Å². The van der Waals surface area contributed by atoms with Crippen LogP contribution in [0.25, 0.3) is 22.5 Å². The smallest absolute Gasteiger partial charge is 0.420 e. The van der Waals surface area contributed by atoms with E-state index in [1.54, 1.807) is 30.6 Å². The number of hydrogen-bond donors (Lipinski definition) is 0. The molecule has 2 aromatic heterocycles. The Morgan fingerprint density at radius 3 is 2.49 bits per heavy atom. The number of rotatable bonds is 8. The van der Waals surface area contributed by atoms with Crippen molar-refractivity contribution in [3.8, 4) is 17.1 Å². The second kappa shape index (κ2) is 9.53. The fourth-order valence-electron chi connectivity index (χ4n) is 3.65. The van der Waals surface area contributed by atoms with Crippen LogP contribution in [-0.4, -0.2) is 53.3 Å². The lowest BCUT2D eigenvalue weighted by atomic mass is 10.1. The number of ether oxygens (including phenoxy) is 1. The van der Waals surface area contributed by atoms with E-state index in [1.165, 1.54) is 4.57 Å². The van der Waals surface area contributed by atoms with Gasteiger partial charge >= 0.3 is 11.9 Å². The molecule has 10 heteroatoms. The third-order valence-electron chi connectivity index (χ3n) is 5.39. The van der Waals surface area contributed by atoms with Gasteiger partial charge in [-0.25, -0.2) is 14.8 Å². The first kappa shape index (κ1) is 24.5. The van der Waals surface area contributed by atoms with E-state index in [9.17, 15) is 18.0 Å². The van der Waals surface area contributed by atoms with E-state index in [1.807, 2.05) is 6.07 Å². The molecule has 0 atom stereocenters. The second-order valence-corrected chi connectivity index (χ2v) is 9.29. The predicted molar refractivity (Wildman–Crippen MR) is 125 cm³/mol. The zero-order chi connectivity index (χ0) is 25.2. The van der Waals surface area contributed by atoms with Crippen LogP contribution in [0, 0.1) is 0 Å². The first-order valence-electron chi connectivity index (χ1n) is 11.0. The van der Waals surface area contributed by atoms with Crippen LogP contribution in [0.5, 0.6) is 5.75 Å². The third-order valence-corrected chi connectivity index (χ3v) is 5.39. The lowest BCUT2D eigenvalue weighted by Crippen LogP contribution is -2.35. The molecule has 4 rings (SSSR count). The minimum atomic E-state index is -4.52. The van der Waals surface area contributed by atoms with Gasteiger partial charge in [0.25, 0.3) is 0 Å². The van der Waals surface area contributed by atoms with Crippen molar-refractivity contribution < 1.29 is 26.8 Å². The van der Waals surface area contributed by atoms with Crippen LogP contribution in [0.2, 0.25) is 0 Å². The number of alkyl halides is 3. The molecule has 4 aromatic rings. The zero-order valence-corrected chi connectivity index (χ0v) is 19.7. The molecule has 0 aliphatic heterocycles. The van der Waals surface area contributed by atoms with E-state index in [2.05, 4.69) is 31.1 Å². The van der Waals surface area contributed by atoms with Crippen molar-refractivity contribution in [2.45, 2.75) is 19.1 Å². The van der Waals surface area contributed by atoms with Crippen molar-refractivity contribution in [3.63, 3.8) is 0 Å². The summed E-state index contributed by atoms with van der Waals surface area (Å²) in [6.45, 7) is 1.59. The highest BCUT2D eigenvalue weighted by atomic mass is 19.4. The van der Waals surface area contributed by atoms with Crippen LogP contribution < -0.4 is 10.5 Å². The van der Waals surface area contributed by atoms with Crippen molar-refractivity contribution in [1.29, 1.82) is 0 Å². The summed E-state index contributed by atoms with van der Waals surface area (Å²) >= 11 is 0. The predicted octanol–water partition coefficient (Wildman–Crippen LogP) is 4.59. The van der Waals surface area contributed by atoms with Gasteiger partial charge in [0.2, 0.25) is 0 Å². The molecule has 0 radical (unpaired) electrons. The minimum absolute atomic E-state index is 0.0362. The molecule has 0 unspecified atom stereocenters. The van der Waals surface area contributed by atoms with Gasteiger partial charge in [-0.3, -0.25) is 4.57 Å². The molecule has 0 N–H and O–H groups in total. The van der Waals surface area contributed by atoms with Crippen molar-refractivity contribution in [3.05, 3.63) is 76.5 Å². The maximum absolute atomic E-state index is 13.1. The maximum atomic E-state index is 13.1.